The molecule has 0 bridgehead atoms. The summed E-state index contributed by atoms with van der Waals surface area (Å²) in [7, 11) is 4.21. The van der Waals surface area contributed by atoms with Crippen molar-refractivity contribution in [2.75, 3.05) is 33.7 Å². The van der Waals surface area contributed by atoms with Crippen LogP contribution in [0.4, 0.5) is 5.69 Å². The van der Waals surface area contributed by atoms with Gasteiger partial charge in [-0.05, 0) is 25.1 Å². The molecule has 4 rings (SSSR count). The van der Waals surface area contributed by atoms with E-state index in [1.807, 2.05) is 12.1 Å². The number of hydrogen-bond donors (Lipinski definition) is 1. The zero-order chi connectivity index (χ0) is 26.7. The van der Waals surface area contributed by atoms with Gasteiger partial charge in [0, 0.05) is 16.3 Å². The molecule has 192 valence electrons. The summed E-state index contributed by atoms with van der Waals surface area (Å²) < 4.78 is 22.4. The molecule has 1 aromatic heterocycles. The number of aromatic nitrogens is 1. The predicted octanol–water partition coefficient (Wildman–Crippen LogP) is 2.50. The number of carbonyl (C=O) groups excluding carboxylic acids is 3. The Balaban J connectivity index is 2.14. The predicted molar refractivity (Wildman–Crippen MR) is 140 cm³/mol. The highest BCUT2D eigenvalue weighted by molar-refractivity contribution is 8.10. The molecular weight excluding hydrogens is 496 g/mol. The number of nitrogens with zero attached hydrogens (tertiary/aromatic N) is 1. The number of ether oxygens (including phenoxy) is 4. The van der Waals surface area contributed by atoms with Gasteiger partial charge < -0.3 is 24.7 Å². The van der Waals surface area contributed by atoms with E-state index >= 15 is 0 Å². The largest absolute Gasteiger partial charge is 0.496 e. The Kier molecular flexibility index (Phi) is 7.58. The molecule has 2 aromatic carbocycles. The average Bonchev–Trinajstić information content (AvgIpc) is 3.21. The minimum absolute atomic E-state index is 0.0100. The molecule has 2 N–H and O–H groups in total. The number of thioether (sulfide) groups is 1. The lowest BCUT2D eigenvalue weighted by Crippen LogP contribution is -2.42. The number of benzene rings is 2. The van der Waals surface area contributed by atoms with Gasteiger partial charge in [-0.3, -0.25) is 9.36 Å². The summed E-state index contributed by atoms with van der Waals surface area (Å²) >= 11 is 1.02. The molecule has 37 heavy (non-hydrogen) atoms. The summed E-state index contributed by atoms with van der Waals surface area (Å²) in [6.45, 7) is 1.80. The van der Waals surface area contributed by atoms with Crippen LogP contribution in [0.2, 0.25) is 0 Å². The van der Waals surface area contributed by atoms with Crippen molar-refractivity contribution in [2.24, 2.45) is 0 Å². The summed E-state index contributed by atoms with van der Waals surface area (Å²) in [5.74, 6) is -0.948. The van der Waals surface area contributed by atoms with Crippen molar-refractivity contribution < 1.29 is 33.3 Å². The molecule has 1 atom stereocenters. The van der Waals surface area contributed by atoms with E-state index < -0.39 is 23.1 Å². The number of rotatable bonds is 7. The number of fused-ring (bicyclic) bond motifs is 1. The maximum Gasteiger partial charge on any atom is 0.357 e. The fraction of sp³-hybridized carbons (Fsp3) is 0.222. The smallest absolute Gasteiger partial charge is 0.357 e. The fourth-order valence-corrected chi connectivity index (χ4v) is 5.43. The third kappa shape index (κ3) is 4.55. The topological polar surface area (TPSA) is 119 Å². The van der Waals surface area contributed by atoms with E-state index in [0.29, 0.717) is 27.8 Å². The molecule has 0 saturated heterocycles. The lowest BCUT2D eigenvalue weighted by atomic mass is 10.1. The quantitative estimate of drug-likeness (QED) is 0.467. The van der Waals surface area contributed by atoms with Gasteiger partial charge >= 0.3 is 11.9 Å². The summed E-state index contributed by atoms with van der Waals surface area (Å²) in [4.78, 5) is 40.3. The maximum absolute atomic E-state index is 14.0. The lowest BCUT2D eigenvalue weighted by molar-refractivity contribution is -0.135. The third-order valence-electron chi connectivity index (χ3n) is 5.84. The molecule has 1 aliphatic rings. The Labute approximate surface area is 217 Å². The second-order valence-corrected chi connectivity index (χ2v) is 8.98. The van der Waals surface area contributed by atoms with Crippen LogP contribution in [-0.4, -0.2) is 50.3 Å². The molecule has 0 unspecified atom stereocenters. The SMILES string of the molecule is CCOC(=O)C1=c2/c(=C/c3ccccc3OC)c(N)c(C(=O)OC)n2C(=O)[C@@H](c2ccccc2OC)S1. The fourth-order valence-electron chi connectivity index (χ4n) is 4.20. The van der Waals surface area contributed by atoms with Crippen LogP contribution in [-0.2, 0) is 14.3 Å². The van der Waals surface area contributed by atoms with Crippen molar-refractivity contribution in [3.8, 4) is 11.5 Å². The maximum atomic E-state index is 14.0. The average molecular weight is 523 g/mol. The minimum Gasteiger partial charge on any atom is -0.496 e. The van der Waals surface area contributed by atoms with Crippen LogP contribution in [0, 0.1) is 0 Å². The van der Waals surface area contributed by atoms with Gasteiger partial charge in [0.2, 0.25) is 5.91 Å². The molecular formula is C27H26N2O7S. The van der Waals surface area contributed by atoms with E-state index in [2.05, 4.69) is 0 Å². The van der Waals surface area contributed by atoms with Crippen LogP contribution in [0.15, 0.2) is 48.5 Å². The van der Waals surface area contributed by atoms with Gasteiger partial charge in [-0.1, -0.05) is 48.2 Å². The number of nitrogen functional groups attached to an aromatic ring is 1. The van der Waals surface area contributed by atoms with Gasteiger partial charge in [-0.15, -0.1) is 0 Å². The van der Waals surface area contributed by atoms with Gasteiger partial charge in [-0.25, -0.2) is 9.59 Å². The molecule has 0 spiro atoms. The monoisotopic (exact) mass is 522 g/mol. The standard InChI is InChI=1S/C27H26N2O7S/c1-5-36-27(32)24-21-17(14-15-10-6-8-12-18(15)33-2)20(28)22(26(31)35-4)29(21)25(30)23(37-24)16-11-7-9-13-19(16)34-3/h6-14,23H,5,28H2,1-4H3/b17-14+/t23-/m1/s1. The van der Waals surface area contributed by atoms with Crippen LogP contribution in [0.1, 0.15) is 38.6 Å². The second kappa shape index (κ2) is 10.8. The van der Waals surface area contributed by atoms with Crippen LogP contribution in [0.25, 0.3) is 11.0 Å². The van der Waals surface area contributed by atoms with Crippen LogP contribution >= 0.6 is 11.8 Å². The zero-order valence-electron chi connectivity index (χ0n) is 20.8. The van der Waals surface area contributed by atoms with Gasteiger partial charge in [-0.2, -0.15) is 0 Å². The van der Waals surface area contributed by atoms with E-state index in [-0.39, 0.29) is 28.2 Å². The number of esters is 2. The number of hydrogen-bond acceptors (Lipinski definition) is 9. The van der Waals surface area contributed by atoms with Gasteiger partial charge in [0.1, 0.15) is 21.7 Å². The number of carbonyl (C=O) groups is 3. The van der Waals surface area contributed by atoms with Crippen molar-refractivity contribution in [3.05, 3.63) is 75.9 Å². The number of anilines is 1. The summed E-state index contributed by atoms with van der Waals surface area (Å²) in [6, 6.07) is 14.2. The Morgan fingerprint density at radius 3 is 2.30 bits per heavy atom. The zero-order valence-corrected chi connectivity index (χ0v) is 21.6. The van der Waals surface area contributed by atoms with E-state index in [0.717, 1.165) is 16.3 Å². The van der Waals surface area contributed by atoms with E-state index in [4.69, 9.17) is 24.7 Å². The van der Waals surface area contributed by atoms with Crippen LogP contribution in [0.5, 0.6) is 11.5 Å². The first kappa shape index (κ1) is 25.9. The van der Waals surface area contributed by atoms with Gasteiger partial charge in [0.15, 0.2) is 5.69 Å². The normalized spacial score (nSPS) is 15.2. The minimum atomic E-state index is -0.919. The molecule has 0 amide bonds. The van der Waals surface area contributed by atoms with Crippen molar-refractivity contribution in [2.45, 2.75) is 12.2 Å². The van der Waals surface area contributed by atoms with Crippen LogP contribution in [0.3, 0.4) is 0 Å². The number of para-hydroxylation sites is 2. The first-order chi connectivity index (χ1) is 17.9. The van der Waals surface area contributed by atoms with E-state index in [9.17, 15) is 14.4 Å². The number of methoxy groups -OCH3 is 3. The summed E-state index contributed by atoms with van der Waals surface area (Å²) in [5, 5.41) is -0.465. The first-order valence-electron chi connectivity index (χ1n) is 11.4. The molecule has 0 saturated carbocycles. The summed E-state index contributed by atoms with van der Waals surface area (Å²) in [5.41, 5.74) is 7.47. The third-order valence-corrected chi connectivity index (χ3v) is 7.13. The molecule has 9 nitrogen and oxygen atoms in total. The molecule has 10 heteroatoms. The second-order valence-electron chi connectivity index (χ2n) is 7.87. The Morgan fingerprint density at radius 2 is 1.65 bits per heavy atom. The van der Waals surface area contributed by atoms with Crippen LogP contribution < -0.4 is 25.8 Å². The molecule has 0 fully saturated rings. The highest BCUT2D eigenvalue weighted by Gasteiger charge is 2.39. The van der Waals surface area contributed by atoms with E-state index in [1.165, 1.54) is 21.3 Å². The Morgan fingerprint density at radius 1 is 1.00 bits per heavy atom. The first-order valence-corrected chi connectivity index (χ1v) is 12.2. The Hall–Kier alpha value is -4.18. The molecule has 0 radical (unpaired) electrons. The molecule has 2 heterocycles. The number of nitrogens with two attached hydrogens (primary N) is 1. The molecule has 3 aromatic rings. The highest BCUT2D eigenvalue weighted by atomic mass is 32.2. The van der Waals surface area contributed by atoms with Crippen molar-refractivity contribution in [3.63, 3.8) is 0 Å². The van der Waals surface area contributed by atoms with Gasteiger partial charge in [0.25, 0.3) is 0 Å². The van der Waals surface area contributed by atoms with Crippen molar-refractivity contribution in [1.82, 2.24) is 4.57 Å². The molecule has 1 aliphatic heterocycles. The van der Waals surface area contributed by atoms with Gasteiger partial charge in [0.05, 0.1) is 39.0 Å². The van der Waals surface area contributed by atoms with Crippen molar-refractivity contribution in [1.29, 1.82) is 0 Å². The Bertz CT molecular complexity index is 1510. The molecule has 0 aliphatic carbocycles. The highest BCUT2D eigenvalue weighted by Crippen LogP contribution is 2.43. The summed E-state index contributed by atoms with van der Waals surface area (Å²) in [6.07, 6.45) is 1.67. The lowest BCUT2D eigenvalue weighted by Gasteiger charge is -2.24. The van der Waals surface area contributed by atoms with Crippen molar-refractivity contribution >= 4 is 46.3 Å². The van der Waals surface area contributed by atoms with E-state index in [1.54, 1.807) is 49.4 Å².